The molecule has 0 atom stereocenters. The molecule has 2 bridgehead atoms. The molecule has 0 amide bonds. The number of fused-ring (bicyclic) bond motifs is 3. The molecule has 0 heterocycles. The number of nitrogens with zero attached hydrogens (tertiary/aromatic N) is 2. The van der Waals surface area contributed by atoms with Gasteiger partial charge in [0.1, 0.15) is 17.9 Å². The molecule has 0 radical (unpaired) electrons. The molecule has 5 heteroatoms. The molecule has 0 aromatic heterocycles. The standard InChI is InChI=1S/C30H33ClN2O2/c1-3-11-29-12-15-30(16-13-29,17-14-29)25-9-8-22(23(19-32)24(25)20-33)7-5-21-6-10-27(26(31)18-21)35-28(34)4-2/h6,8-10,18H,3-5,7,11-17H2,1-2H3. The molecular formula is C30H33ClN2O2. The molecule has 0 aliphatic heterocycles. The van der Waals surface area contributed by atoms with E-state index in [1.807, 2.05) is 6.07 Å². The maximum atomic E-state index is 11.6. The van der Waals surface area contributed by atoms with E-state index < -0.39 is 0 Å². The van der Waals surface area contributed by atoms with Crippen molar-refractivity contribution in [2.75, 3.05) is 0 Å². The predicted molar refractivity (Wildman–Crippen MR) is 137 cm³/mol. The van der Waals surface area contributed by atoms with E-state index in [1.165, 1.54) is 32.1 Å². The number of ether oxygens (including phenoxy) is 1. The Kier molecular flexibility index (Phi) is 7.53. The predicted octanol–water partition coefficient (Wildman–Crippen LogP) is 7.58. The van der Waals surface area contributed by atoms with E-state index in [4.69, 9.17) is 16.3 Å². The van der Waals surface area contributed by atoms with Crippen LogP contribution in [0.4, 0.5) is 0 Å². The van der Waals surface area contributed by atoms with Crippen LogP contribution in [0, 0.1) is 28.1 Å². The van der Waals surface area contributed by atoms with Crippen molar-refractivity contribution in [3.8, 4) is 17.9 Å². The van der Waals surface area contributed by atoms with Crippen LogP contribution in [0.25, 0.3) is 0 Å². The number of benzene rings is 2. The van der Waals surface area contributed by atoms with Gasteiger partial charge in [0.2, 0.25) is 0 Å². The molecule has 3 aliphatic carbocycles. The Hall–Kier alpha value is -2.82. The number of hydrogen-bond donors (Lipinski definition) is 0. The summed E-state index contributed by atoms with van der Waals surface area (Å²) in [6.45, 7) is 4.01. The van der Waals surface area contributed by atoms with Gasteiger partial charge in [0.25, 0.3) is 0 Å². The maximum Gasteiger partial charge on any atom is 0.310 e. The first-order valence-electron chi connectivity index (χ1n) is 12.8. The van der Waals surface area contributed by atoms with Crippen molar-refractivity contribution in [3.63, 3.8) is 0 Å². The number of hydrogen-bond acceptors (Lipinski definition) is 4. The minimum Gasteiger partial charge on any atom is -0.425 e. The van der Waals surface area contributed by atoms with Crippen molar-refractivity contribution in [2.45, 2.75) is 89.9 Å². The van der Waals surface area contributed by atoms with Gasteiger partial charge in [0, 0.05) is 6.42 Å². The number of esters is 1. The third-order valence-electron chi connectivity index (χ3n) is 8.46. The SMILES string of the molecule is CCCC12CCC(c3ccc(CCc4ccc(OC(=O)CC)c(Cl)c4)c(C#N)c3C#N)(CC1)CC2. The highest BCUT2D eigenvalue weighted by atomic mass is 35.5. The molecule has 0 unspecified atom stereocenters. The number of aryl methyl sites for hydroxylation is 2. The summed E-state index contributed by atoms with van der Waals surface area (Å²) in [5.74, 6) is 0.0344. The molecule has 0 saturated heterocycles. The van der Waals surface area contributed by atoms with Gasteiger partial charge in [0.05, 0.1) is 16.1 Å². The summed E-state index contributed by atoms with van der Waals surface area (Å²) >= 11 is 6.32. The second-order valence-corrected chi connectivity index (χ2v) is 10.8. The molecule has 3 saturated carbocycles. The topological polar surface area (TPSA) is 73.9 Å². The molecule has 2 aromatic rings. The van der Waals surface area contributed by atoms with E-state index in [9.17, 15) is 15.3 Å². The molecule has 3 aliphatic rings. The number of carbonyl (C=O) groups excluding carboxylic acids is 1. The molecule has 182 valence electrons. The van der Waals surface area contributed by atoms with Crippen molar-refractivity contribution in [1.82, 2.24) is 0 Å². The lowest BCUT2D eigenvalue weighted by molar-refractivity contribution is -0.134. The monoisotopic (exact) mass is 488 g/mol. The molecule has 2 aromatic carbocycles. The van der Waals surface area contributed by atoms with Crippen molar-refractivity contribution in [3.05, 3.63) is 63.2 Å². The normalized spacial score (nSPS) is 22.9. The summed E-state index contributed by atoms with van der Waals surface area (Å²) in [7, 11) is 0. The molecule has 35 heavy (non-hydrogen) atoms. The first-order valence-corrected chi connectivity index (χ1v) is 13.2. The van der Waals surface area contributed by atoms with Gasteiger partial charge >= 0.3 is 5.97 Å². The summed E-state index contributed by atoms with van der Waals surface area (Å²) in [6, 6.07) is 14.4. The van der Waals surface area contributed by atoms with E-state index in [0.717, 1.165) is 36.0 Å². The van der Waals surface area contributed by atoms with Crippen LogP contribution in [0.15, 0.2) is 30.3 Å². The number of halogens is 1. The average molecular weight is 489 g/mol. The van der Waals surface area contributed by atoms with Gasteiger partial charge in [-0.15, -0.1) is 0 Å². The molecule has 0 spiro atoms. The molecular weight excluding hydrogens is 456 g/mol. The Morgan fingerprint density at radius 1 is 0.971 bits per heavy atom. The smallest absolute Gasteiger partial charge is 0.310 e. The van der Waals surface area contributed by atoms with E-state index in [0.29, 0.717) is 40.2 Å². The Morgan fingerprint density at radius 2 is 1.66 bits per heavy atom. The van der Waals surface area contributed by atoms with E-state index >= 15 is 0 Å². The summed E-state index contributed by atoms with van der Waals surface area (Å²) in [5.41, 5.74) is 4.63. The minimum atomic E-state index is -0.325. The second kappa shape index (κ2) is 10.4. The van der Waals surface area contributed by atoms with Crippen molar-refractivity contribution >= 4 is 17.6 Å². The fourth-order valence-corrected chi connectivity index (χ4v) is 6.61. The van der Waals surface area contributed by atoms with E-state index in [2.05, 4.69) is 31.2 Å². The highest BCUT2D eigenvalue weighted by Crippen LogP contribution is 2.60. The molecule has 4 nitrogen and oxygen atoms in total. The van der Waals surface area contributed by atoms with Crippen LogP contribution in [0.2, 0.25) is 5.02 Å². The Balaban J connectivity index is 1.54. The highest BCUT2D eigenvalue weighted by Gasteiger charge is 2.49. The van der Waals surface area contributed by atoms with Gasteiger partial charge < -0.3 is 4.74 Å². The van der Waals surface area contributed by atoms with Crippen LogP contribution in [0.3, 0.4) is 0 Å². The quantitative estimate of drug-likeness (QED) is 0.283. The van der Waals surface area contributed by atoms with Gasteiger partial charge in [-0.2, -0.15) is 10.5 Å². The third kappa shape index (κ3) is 4.96. The van der Waals surface area contributed by atoms with Crippen LogP contribution >= 0.6 is 11.6 Å². The summed E-state index contributed by atoms with van der Waals surface area (Å²) in [4.78, 5) is 11.6. The van der Waals surface area contributed by atoms with Crippen LogP contribution in [0.5, 0.6) is 5.75 Å². The largest absolute Gasteiger partial charge is 0.425 e. The zero-order valence-corrected chi connectivity index (χ0v) is 21.5. The van der Waals surface area contributed by atoms with Crippen LogP contribution in [-0.2, 0) is 23.1 Å². The molecule has 5 rings (SSSR count). The maximum absolute atomic E-state index is 11.6. The summed E-state index contributed by atoms with van der Waals surface area (Å²) in [6.07, 6.45) is 11.2. The number of carbonyl (C=O) groups is 1. The lowest BCUT2D eigenvalue weighted by atomic mass is 9.50. The fourth-order valence-electron chi connectivity index (χ4n) is 6.37. The summed E-state index contributed by atoms with van der Waals surface area (Å²) < 4.78 is 5.24. The van der Waals surface area contributed by atoms with E-state index in [-0.39, 0.29) is 17.8 Å². The van der Waals surface area contributed by atoms with E-state index in [1.54, 1.807) is 19.1 Å². The minimum absolute atomic E-state index is 0.0456. The second-order valence-electron chi connectivity index (χ2n) is 10.4. The Labute approximate surface area is 213 Å². The van der Waals surface area contributed by atoms with Crippen LogP contribution in [-0.4, -0.2) is 5.97 Å². The van der Waals surface area contributed by atoms with Crippen LogP contribution < -0.4 is 4.74 Å². The van der Waals surface area contributed by atoms with Crippen molar-refractivity contribution < 1.29 is 9.53 Å². The third-order valence-corrected chi connectivity index (χ3v) is 8.76. The first-order chi connectivity index (χ1) is 16.9. The summed E-state index contributed by atoms with van der Waals surface area (Å²) in [5, 5.41) is 20.6. The number of nitriles is 2. The first kappa shape index (κ1) is 25.3. The van der Waals surface area contributed by atoms with Crippen LogP contribution in [0.1, 0.15) is 99.5 Å². The number of rotatable bonds is 8. The van der Waals surface area contributed by atoms with Gasteiger partial charge in [-0.3, -0.25) is 4.79 Å². The lowest BCUT2D eigenvalue weighted by Gasteiger charge is -2.54. The van der Waals surface area contributed by atoms with Gasteiger partial charge in [-0.1, -0.05) is 50.1 Å². The van der Waals surface area contributed by atoms with Crippen molar-refractivity contribution in [1.29, 1.82) is 10.5 Å². The van der Waals surface area contributed by atoms with Gasteiger partial charge in [-0.05, 0) is 97.4 Å². The van der Waals surface area contributed by atoms with Gasteiger partial charge in [0.15, 0.2) is 0 Å². The fraction of sp³-hybridized carbons (Fsp3) is 0.500. The Bertz CT molecular complexity index is 1180. The molecule has 0 N–H and O–H groups in total. The zero-order valence-electron chi connectivity index (χ0n) is 20.8. The Morgan fingerprint density at radius 3 is 2.23 bits per heavy atom. The lowest BCUT2D eigenvalue weighted by Crippen LogP contribution is -2.44. The highest BCUT2D eigenvalue weighted by molar-refractivity contribution is 6.32. The van der Waals surface area contributed by atoms with Gasteiger partial charge in [-0.25, -0.2) is 0 Å². The zero-order chi connectivity index (χ0) is 25.1. The molecule has 3 fully saturated rings. The average Bonchev–Trinajstić information content (AvgIpc) is 2.89. The van der Waals surface area contributed by atoms with Crippen molar-refractivity contribution in [2.24, 2.45) is 5.41 Å².